The van der Waals surface area contributed by atoms with Crippen molar-refractivity contribution in [2.75, 3.05) is 26.7 Å². The van der Waals surface area contributed by atoms with Gasteiger partial charge in [-0.15, -0.1) is 0 Å². The van der Waals surface area contributed by atoms with Gasteiger partial charge >= 0.3 is 0 Å². The Hall–Kier alpha value is -1.59. The highest BCUT2D eigenvalue weighted by atomic mass is 16.5. The largest absolute Gasteiger partial charge is 0.497 e. The first-order valence-corrected chi connectivity index (χ1v) is 10.5. The Kier molecular flexibility index (Phi) is 6.77. The lowest BCUT2D eigenvalue weighted by molar-refractivity contribution is -0.128. The average Bonchev–Trinajstić information content (AvgIpc) is 2.69. The Morgan fingerprint density at radius 2 is 1.93 bits per heavy atom. The number of piperidine rings is 1. The van der Waals surface area contributed by atoms with E-state index in [0.717, 1.165) is 44.5 Å². The van der Waals surface area contributed by atoms with Gasteiger partial charge in [0, 0.05) is 12.1 Å². The van der Waals surface area contributed by atoms with E-state index in [4.69, 9.17) is 10.5 Å². The van der Waals surface area contributed by atoms with Crippen molar-refractivity contribution >= 4 is 5.91 Å². The number of hydrogen-bond donors (Lipinski definition) is 2. The van der Waals surface area contributed by atoms with Crippen molar-refractivity contribution in [3.05, 3.63) is 29.8 Å². The maximum absolute atomic E-state index is 12.9. The Morgan fingerprint density at radius 1 is 1.22 bits per heavy atom. The molecule has 1 aromatic rings. The molecule has 1 aromatic carbocycles. The summed E-state index contributed by atoms with van der Waals surface area (Å²) in [4.78, 5) is 15.4. The monoisotopic (exact) mass is 373 g/mol. The first kappa shape index (κ1) is 20.2. The molecule has 0 bridgehead atoms. The number of carbonyl (C=O) groups excluding carboxylic acids is 1. The van der Waals surface area contributed by atoms with Gasteiger partial charge in [-0.25, -0.2) is 0 Å². The topological polar surface area (TPSA) is 67.6 Å². The molecule has 1 aliphatic carbocycles. The molecule has 1 heterocycles. The molecular formula is C22H35N3O2. The van der Waals surface area contributed by atoms with Gasteiger partial charge in [-0.1, -0.05) is 31.4 Å². The number of likely N-dealkylation sites (tertiary alicyclic amines) is 1. The average molecular weight is 374 g/mol. The molecule has 27 heavy (non-hydrogen) atoms. The Balaban J connectivity index is 1.69. The molecule has 3 rings (SSSR count). The molecule has 1 aliphatic heterocycles. The minimum absolute atomic E-state index is 0.0795. The number of benzene rings is 1. The normalized spacial score (nSPS) is 27.7. The van der Waals surface area contributed by atoms with Crippen LogP contribution in [0.15, 0.2) is 24.3 Å². The third-order valence-electron chi connectivity index (χ3n) is 6.37. The zero-order valence-electron chi connectivity index (χ0n) is 16.9. The van der Waals surface area contributed by atoms with Crippen LogP contribution in [-0.2, 0) is 4.79 Å². The highest BCUT2D eigenvalue weighted by molar-refractivity contribution is 5.80. The fraction of sp³-hybridized carbons (Fsp3) is 0.682. The summed E-state index contributed by atoms with van der Waals surface area (Å²) in [6.07, 6.45) is 7.80. The van der Waals surface area contributed by atoms with Crippen molar-refractivity contribution < 1.29 is 9.53 Å². The molecule has 1 saturated heterocycles. The summed E-state index contributed by atoms with van der Waals surface area (Å²) in [7, 11) is 1.69. The van der Waals surface area contributed by atoms with Crippen LogP contribution in [0.4, 0.5) is 0 Å². The van der Waals surface area contributed by atoms with Gasteiger partial charge in [-0.2, -0.15) is 0 Å². The number of amides is 1. The van der Waals surface area contributed by atoms with E-state index >= 15 is 0 Å². The van der Waals surface area contributed by atoms with E-state index in [1.165, 1.54) is 24.8 Å². The smallest absolute Gasteiger partial charge is 0.225 e. The summed E-state index contributed by atoms with van der Waals surface area (Å²) < 4.78 is 5.30. The van der Waals surface area contributed by atoms with Crippen molar-refractivity contribution in [1.82, 2.24) is 10.2 Å². The van der Waals surface area contributed by atoms with Crippen LogP contribution in [0.2, 0.25) is 0 Å². The SMILES string of the molecule is COc1ccc(C(CNC(=O)C2CCCCC2(C)N)N2CCCCC2)cc1. The Bertz CT molecular complexity index is 608. The number of nitrogens with zero attached hydrogens (tertiary/aromatic N) is 1. The summed E-state index contributed by atoms with van der Waals surface area (Å²) in [6, 6.07) is 8.46. The molecule has 3 unspecified atom stereocenters. The van der Waals surface area contributed by atoms with Crippen LogP contribution in [0.5, 0.6) is 5.75 Å². The molecule has 0 spiro atoms. The van der Waals surface area contributed by atoms with E-state index < -0.39 is 0 Å². The fourth-order valence-electron chi connectivity index (χ4n) is 4.62. The van der Waals surface area contributed by atoms with Crippen LogP contribution in [-0.4, -0.2) is 43.1 Å². The molecule has 3 atom stereocenters. The molecule has 2 fully saturated rings. The standard InChI is InChI=1S/C22H35N3O2/c1-22(23)13-5-4-8-19(22)21(26)24-16-20(25-14-6-3-7-15-25)17-9-11-18(27-2)12-10-17/h9-12,19-20H,3-8,13-16,23H2,1-2H3,(H,24,26). The van der Waals surface area contributed by atoms with Gasteiger partial charge in [0.25, 0.3) is 0 Å². The van der Waals surface area contributed by atoms with Crippen LogP contribution >= 0.6 is 0 Å². The van der Waals surface area contributed by atoms with Crippen LogP contribution in [0, 0.1) is 5.92 Å². The van der Waals surface area contributed by atoms with Gasteiger partial charge in [0.05, 0.1) is 19.1 Å². The van der Waals surface area contributed by atoms with Crippen molar-refractivity contribution in [3.8, 4) is 5.75 Å². The van der Waals surface area contributed by atoms with Gasteiger partial charge in [-0.05, 0) is 63.4 Å². The fourth-order valence-corrected chi connectivity index (χ4v) is 4.62. The van der Waals surface area contributed by atoms with Gasteiger partial charge in [-0.3, -0.25) is 9.69 Å². The lowest BCUT2D eigenvalue weighted by Crippen LogP contribution is -2.53. The number of nitrogens with two attached hydrogens (primary N) is 1. The molecule has 3 N–H and O–H groups in total. The van der Waals surface area contributed by atoms with Gasteiger partial charge in [0.15, 0.2) is 0 Å². The number of ether oxygens (including phenoxy) is 1. The minimum atomic E-state index is -0.386. The number of nitrogens with one attached hydrogen (secondary N) is 1. The molecule has 0 radical (unpaired) electrons. The van der Waals surface area contributed by atoms with E-state index in [2.05, 4.69) is 22.3 Å². The summed E-state index contributed by atoms with van der Waals surface area (Å²) >= 11 is 0. The van der Waals surface area contributed by atoms with E-state index in [0.29, 0.717) is 6.54 Å². The third-order valence-corrected chi connectivity index (χ3v) is 6.37. The van der Waals surface area contributed by atoms with E-state index in [1.54, 1.807) is 7.11 Å². The van der Waals surface area contributed by atoms with Crippen molar-refractivity contribution in [3.63, 3.8) is 0 Å². The number of carbonyl (C=O) groups is 1. The van der Waals surface area contributed by atoms with Crippen LogP contribution < -0.4 is 15.8 Å². The molecular weight excluding hydrogens is 338 g/mol. The predicted octanol–water partition coefficient (Wildman–Crippen LogP) is 3.25. The zero-order chi connectivity index (χ0) is 19.3. The van der Waals surface area contributed by atoms with Crippen molar-refractivity contribution in [2.24, 2.45) is 11.7 Å². The molecule has 1 amide bonds. The minimum Gasteiger partial charge on any atom is -0.497 e. The summed E-state index contributed by atoms with van der Waals surface area (Å²) in [5.74, 6) is 0.903. The highest BCUT2D eigenvalue weighted by Crippen LogP contribution is 2.32. The first-order chi connectivity index (χ1) is 13.0. The van der Waals surface area contributed by atoms with Crippen LogP contribution in [0.3, 0.4) is 0 Å². The van der Waals surface area contributed by atoms with E-state index in [9.17, 15) is 4.79 Å². The van der Waals surface area contributed by atoms with E-state index in [1.807, 2.05) is 19.1 Å². The van der Waals surface area contributed by atoms with Gasteiger partial charge in [0.2, 0.25) is 5.91 Å². The Labute approximate surface area is 163 Å². The lowest BCUT2D eigenvalue weighted by Gasteiger charge is -2.38. The summed E-state index contributed by atoms with van der Waals surface area (Å²) in [6.45, 7) is 4.84. The maximum atomic E-state index is 12.9. The number of rotatable bonds is 6. The number of methoxy groups -OCH3 is 1. The maximum Gasteiger partial charge on any atom is 0.225 e. The van der Waals surface area contributed by atoms with Gasteiger partial charge < -0.3 is 15.8 Å². The van der Waals surface area contributed by atoms with Crippen molar-refractivity contribution in [2.45, 2.75) is 63.5 Å². The molecule has 5 nitrogen and oxygen atoms in total. The summed E-state index contributed by atoms with van der Waals surface area (Å²) in [5, 5.41) is 3.24. The molecule has 5 heteroatoms. The number of hydrogen-bond acceptors (Lipinski definition) is 4. The Morgan fingerprint density at radius 3 is 2.56 bits per heavy atom. The van der Waals surface area contributed by atoms with Gasteiger partial charge in [0.1, 0.15) is 5.75 Å². The molecule has 1 saturated carbocycles. The second-order valence-corrected chi connectivity index (χ2v) is 8.43. The zero-order valence-corrected chi connectivity index (χ0v) is 16.9. The third kappa shape index (κ3) is 5.02. The molecule has 150 valence electrons. The molecule has 2 aliphatic rings. The van der Waals surface area contributed by atoms with Crippen molar-refractivity contribution in [1.29, 1.82) is 0 Å². The predicted molar refractivity (Wildman–Crippen MR) is 109 cm³/mol. The second kappa shape index (κ2) is 9.07. The van der Waals surface area contributed by atoms with Crippen LogP contribution in [0.25, 0.3) is 0 Å². The summed E-state index contributed by atoms with van der Waals surface area (Å²) in [5.41, 5.74) is 7.28. The lowest BCUT2D eigenvalue weighted by atomic mass is 9.74. The van der Waals surface area contributed by atoms with Crippen LogP contribution in [0.1, 0.15) is 63.5 Å². The van der Waals surface area contributed by atoms with E-state index in [-0.39, 0.29) is 23.4 Å². The second-order valence-electron chi connectivity index (χ2n) is 8.43. The quantitative estimate of drug-likeness (QED) is 0.803. The first-order valence-electron chi connectivity index (χ1n) is 10.5. The highest BCUT2D eigenvalue weighted by Gasteiger charge is 2.38. The molecule has 0 aromatic heterocycles.